The predicted octanol–water partition coefficient (Wildman–Crippen LogP) is 1.11. The van der Waals surface area contributed by atoms with Crippen LogP contribution in [0.2, 0.25) is 0 Å². The molecule has 0 aliphatic heterocycles. The van der Waals surface area contributed by atoms with E-state index in [1.54, 1.807) is 19.1 Å². The van der Waals surface area contributed by atoms with E-state index in [-0.39, 0.29) is 18.4 Å². The molecule has 18 heavy (non-hydrogen) atoms. The van der Waals surface area contributed by atoms with Gasteiger partial charge < -0.3 is 16.4 Å². The van der Waals surface area contributed by atoms with Crippen molar-refractivity contribution in [3.8, 4) is 0 Å². The van der Waals surface area contributed by atoms with Gasteiger partial charge in [0.25, 0.3) is 5.91 Å². The highest BCUT2D eigenvalue weighted by molar-refractivity contribution is 5.95. The molecule has 0 aliphatic carbocycles. The number of carbonyl (C=O) groups excluding carboxylic acids is 2. The zero-order chi connectivity index (χ0) is 13.5. The number of hydrogen-bond donors (Lipinski definition) is 3. The quantitative estimate of drug-likeness (QED) is 0.706. The molecule has 0 heterocycles. The molecule has 1 aromatic rings. The molecular formula is C13H19N3O2. The standard InChI is InChI=1S/C13H19N3O2/c1-3-15-11-6-4-10(5-7-11)13(18)16-9(2)8-12(14)17/h4-7,9,15H,3,8H2,1-2H3,(H2,14,17)(H,16,18). The van der Waals surface area contributed by atoms with Crippen molar-refractivity contribution in [1.82, 2.24) is 5.32 Å². The molecular weight excluding hydrogens is 230 g/mol. The van der Waals surface area contributed by atoms with Gasteiger partial charge in [-0.3, -0.25) is 9.59 Å². The lowest BCUT2D eigenvalue weighted by atomic mass is 10.1. The lowest BCUT2D eigenvalue weighted by Gasteiger charge is -2.12. The molecule has 1 atom stereocenters. The van der Waals surface area contributed by atoms with Crippen LogP contribution < -0.4 is 16.4 Å². The summed E-state index contributed by atoms with van der Waals surface area (Å²) in [5, 5.41) is 5.87. The van der Waals surface area contributed by atoms with Crippen molar-refractivity contribution in [2.24, 2.45) is 5.73 Å². The second-order valence-electron chi connectivity index (χ2n) is 4.15. The number of amides is 2. The Morgan fingerprint density at radius 3 is 2.39 bits per heavy atom. The zero-order valence-corrected chi connectivity index (χ0v) is 10.7. The second kappa shape index (κ2) is 6.64. The van der Waals surface area contributed by atoms with E-state index in [9.17, 15) is 9.59 Å². The van der Waals surface area contributed by atoms with Gasteiger partial charge in [0.15, 0.2) is 0 Å². The fraction of sp³-hybridized carbons (Fsp3) is 0.385. The number of carbonyl (C=O) groups is 2. The molecule has 0 saturated carbocycles. The molecule has 98 valence electrons. The topological polar surface area (TPSA) is 84.2 Å². The maximum atomic E-state index is 11.8. The smallest absolute Gasteiger partial charge is 0.251 e. The number of benzene rings is 1. The zero-order valence-electron chi connectivity index (χ0n) is 10.7. The summed E-state index contributed by atoms with van der Waals surface area (Å²) < 4.78 is 0. The lowest BCUT2D eigenvalue weighted by Crippen LogP contribution is -2.35. The monoisotopic (exact) mass is 249 g/mol. The summed E-state index contributed by atoms with van der Waals surface area (Å²) in [6, 6.07) is 6.91. The van der Waals surface area contributed by atoms with E-state index in [4.69, 9.17) is 5.73 Å². The molecule has 1 rings (SSSR count). The molecule has 5 nitrogen and oxygen atoms in total. The third-order valence-corrected chi connectivity index (χ3v) is 2.41. The SMILES string of the molecule is CCNc1ccc(C(=O)NC(C)CC(N)=O)cc1. The van der Waals surface area contributed by atoms with Crippen LogP contribution in [0.5, 0.6) is 0 Å². The third kappa shape index (κ3) is 4.45. The van der Waals surface area contributed by atoms with Gasteiger partial charge in [-0.15, -0.1) is 0 Å². The molecule has 1 unspecified atom stereocenters. The molecule has 0 saturated heterocycles. The Morgan fingerprint density at radius 1 is 1.28 bits per heavy atom. The molecule has 0 aromatic heterocycles. The number of hydrogen-bond acceptors (Lipinski definition) is 3. The summed E-state index contributed by atoms with van der Waals surface area (Å²) in [7, 11) is 0. The molecule has 0 radical (unpaired) electrons. The molecule has 0 bridgehead atoms. The van der Waals surface area contributed by atoms with Crippen molar-refractivity contribution in [1.29, 1.82) is 0 Å². The molecule has 0 spiro atoms. The first-order valence-corrected chi connectivity index (χ1v) is 5.96. The van der Waals surface area contributed by atoms with Crippen molar-refractivity contribution in [2.45, 2.75) is 26.3 Å². The van der Waals surface area contributed by atoms with Crippen molar-refractivity contribution in [3.05, 3.63) is 29.8 Å². The maximum Gasteiger partial charge on any atom is 0.251 e. The Morgan fingerprint density at radius 2 is 1.89 bits per heavy atom. The minimum Gasteiger partial charge on any atom is -0.385 e. The number of anilines is 1. The van der Waals surface area contributed by atoms with E-state index in [1.807, 2.05) is 19.1 Å². The first-order valence-electron chi connectivity index (χ1n) is 5.96. The summed E-state index contributed by atoms with van der Waals surface area (Å²) in [6.45, 7) is 4.59. The fourth-order valence-corrected chi connectivity index (χ4v) is 1.60. The van der Waals surface area contributed by atoms with Crippen LogP contribution in [0, 0.1) is 0 Å². The van der Waals surface area contributed by atoms with Gasteiger partial charge in [-0.05, 0) is 38.1 Å². The van der Waals surface area contributed by atoms with Crippen LogP contribution in [0.1, 0.15) is 30.6 Å². The molecule has 1 aromatic carbocycles. The predicted molar refractivity (Wildman–Crippen MR) is 71.3 cm³/mol. The summed E-state index contributed by atoms with van der Waals surface area (Å²) in [4.78, 5) is 22.5. The van der Waals surface area contributed by atoms with E-state index in [2.05, 4.69) is 10.6 Å². The van der Waals surface area contributed by atoms with Crippen LogP contribution in [0.4, 0.5) is 5.69 Å². The minimum absolute atomic E-state index is 0.140. The van der Waals surface area contributed by atoms with Crippen molar-refractivity contribution < 1.29 is 9.59 Å². The van der Waals surface area contributed by atoms with Gasteiger partial charge in [-0.25, -0.2) is 0 Å². The highest BCUT2D eigenvalue weighted by Crippen LogP contribution is 2.09. The van der Waals surface area contributed by atoms with Crippen LogP contribution >= 0.6 is 0 Å². The van der Waals surface area contributed by atoms with E-state index >= 15 is 0 Å². The Bertz CT molecular complexity index is 415. The van der Waals surface area contributed by atoms with E-state index in [1.165, 1.54) is 0 Å². The van der Waals surface area contributed by atoms with Crippen molar-refractivity contribution >= 4 is 17.5 Å². The van der Waals surface area contributed by atoms with Gasteiger partial charge in [0.2, 0.25) is 5.91 Å². The molecule has 5 heteroatoms. The molecule has 0 aliphatic rings. The summed E-state index contributed by atoms with van der Waals surface area (Å²) in [5.41, 5.74) is 6.60. The fourth-order valence-electron chi connectivity index (χ4n) is 1.60. The minimum atomic E-state index is -0.426. The lowest BCUT2D eigenvalue weighted by molar-refractivity contribution is -0.118. The number of primary amides is 1. The summed E-state index contributed by atoms with van der Waals surface area (Å²) in [6.07, 6.45) is 0.140. The average molecular weight is 249 g/mol. The Balaban J connectivity index is 2.58. The first kappa shape index (κ1) is 14.0. The molecule has 4 N–H and O–H groups in total. The van der Waals surface area contributed by atoms with Crippen molar-refractivity contribution in [3.63, 3.8) is 0 Å². The van der Waals surface area contributed by atoms with Crippen LogP contribution in [0.3, 0.4) is 0 Å². The van der Waals surface area contributed by atoms with Gasteiger partial charge in [0, 0.05) is 30.3 Å². The van der Waals surface area contributed by atoms with Gasteiger partial charge in [0.1, 0.15) is 0 Å². The molecule has 0 fully saturated rings. The Kier molecular flexibility index (Phi) is 5.17. The second-order valence-corrected chi connectivity index (χ2v) is 4.15. The van der Waals surface area contributed by atoms with E-state index in [0.29, 0.717) is 5.56 Å². The maximum absolute atomic E-state index is 11.8. The van der Waals surface area contributed by atoms with Crippen LogP contribution in [0.15, 0.2) is 24.3 Å². The molecule has 2 amide bonds. The average Bonchev–Trinajstić information content (AvgIpc) is 2.29. The van der Waals surface area contributed by atoms with Gasteiger partial charge in [0.05, 0.1) is 0 Å². The van der Waals surface area contributed by atoms with E-state index in [0.717, 1.165) is 12.2 Å². The Labute approximate surface area is 107 Å². The highest BCUT2D eigenvalue weighted by Gasteiger charge is 2.11. The Hall–Kier alpha value is -2.04. The largest absolute Gasteiger partial charge is 0.385 e. The summed E-state index contributed by atoms with van der Waals surface area (Å²) in [5.74, 6) is -0.628. The normalized spacial score (nSPS) is 11.7. The first-order chi connectivity index (χ1) is 8.52. The van der Waals surface area contributed by atoms with E-state index < -0.39 is 5.91 Å². The number of rotatable bonds is 6. The number of nitrogens with one attached hydrogen (secondary N) is 2. The number of nitrogens with two attached hydrogens (primary N) is 1. The van der Waals surface area contributed by atoms with Gasteiger partial charge in [-0.2, -0.15) is 0 Å². The van der Waals surface area contributed by atoms with Crippen LogP contribution in [-0.4, -0.2) is 24.4 Å². The summed E-state index contributed by atoms with van der Waals surface area (Å²) >= 11 is 0. The third-order valence-electron chi connectivity index (χ3n) is 2.41. The van der Waals surface area contributed by atoms with Gasteiger partial charge in [-0.1, -0.05) is 0 Å². The van der Waals surface area contributed by atoms with Gasteiger partial charge >= 0.3 is 0 Å². The highest BCUT2D eigenvalue weighted by atomic mass is 16.2. The van der Waals surface area contributed by atoms with Crippen LogP contribution in [0.25, 0.3) is 0 Å². The van der Waals surface area contributed by atoms with Crippen molar-refractivity contribution in [2.75, 3.05) is 11.9 Å². The van der Waals surface area contributed by atoms with Crippen LogP contribution in [-0.2, 0) is 4.79 Å².